The van der Waals surface area contributed by atoms with E-state index >= 15 is 0 Å². The Morgan fingerprint density at radius 3 is 2.36 bits per heavy atom. The van der Waals surface area contributed by atoms with Crippen LogP contribution < -0.4 is 10.6 Å². The second-order valence-electron chi connectivity index (χ2n) is 7.14. The molecule has 0 radical (unpaired) electrons. The Bertz CT molecular complexity index is 698. The molecule has 0 saturated heterocycles. The van der Waals surface area contributed by atoms with Crippen LogP contribution in [0.4, 0.5) is 0 Å². The highest BCUT2D eigenvalue weighted by Gasteiger charge is 2.15. The summed E-state index contributed by atoms with van der Waals surface area (Å²) >= 11 is 0. The molecule has 0 unspecified atom stereocenters. The van der Waals surface area contributed by atoms with Crippen molar-refractivity contribution in [3.63, 3.8) is 0 Å². The van der Waals surface area contributed by atoms with Gasteiger partial charge < -0.3 is 15.1 Å². The summed E-state index contributed by atoms with van der Waals surface area (Å²) in [5, 5.41) is 5.61. The fourth-order valence-electron chi connectivity index (χ4n) is 2.44. The van der Waals surface area contributed by atoms with E-state index in [9.17, 15) is 9.59 Å². The molecule has 0 bridgehead atoms. The first-order valence-electron chi connectivity index (χ1n) is 8.49. The summed E-state index contributed by atoms with van der Waals surface area (Å²) in [6.07, 6.45) is 1.79. The molecule has 2 N–H and O–H groups in total. The van der Waals surface area contributed by atoms with Crippen molar-refractivity contribution >= 4 is 11.8 Å². The lowest BCUT2D eigenvalue weighted by Gasteiger charge is -2.19. The first-order chi connectivity index (χ1) is 11.8. The summed E-state index contributed by atoms with van der Waals surface area (Å²) in [6.45, 7) is 8.53. The number of amides is 2. The Kier molecular flexibility index (Phi) is 6.02. The highest BCUT2D eigenvalue weighted by Crippen LogP contribution is 2.22. The minimum absolute atomic E-state index is 0.0534. The fourth-order valence-corrected chi connectivity index (χ4v) is 2.44. The van der Waals surface area contributed by atoms with Crippen LogP contribution in [0.5, 0.6) is 0 Å². The number of carbonyl (C=O) groups is 2. The lowest BCUT2D eigenvalue weighted by Crippen LogP contribution is -2.32. The number of benzene rings is 1. The number of hydrogen-bond donors (Lipinski definition) is 2. The molecule has 25 heavy (non-hydrogen) atoms. The SMILES string of the molecule is C[C@@H](NC(=O)CCNC(=O)c1ccc(C(C)(C)C)cc1)c1ccco1. The van der Waals surface area contributed by atoms with E-state index in [2.05, 4.69) is 31.4 Å². The van der Waals surface area contributed by atoms with Gasteiger partial charge in [-0.2, -0.15) is 0 Å². The van der Waals surface area contributed by atoms with Crippen molar-refractivity contribution in [2.24, 2.45) is 0 Å². The largest absolute Gasteiger partial charge is 0.467 e. The van der Waals surface area contributed by atoms with Gasteiger partial charge in [-0.3, -0.25) is 9.59 Å². The van der Waals surface area contributed by atoms with E-state index in [0.29, 0.717) is 11.3 Å². The van der Waals surface area contributed by atoms with Gasteiger partial charge >= 0.3 is 0 Å². The van der Waals surface area contributed by atoms with Crippen LogP contribution in [0.25, 0.3) is 0 Å². The van der Waals surface area contributed by atoms with Gasteiger partial charge in [-0.1, -0.05) is 32.9 Å². The monoisotopic (exact) mass is 342 g/mol. The van der Waals surface area contributed by atoms with Gasteiger partial charge in [-0.15, -0.1) is 0 Å². The molecule has 1 atom stereocenters. The minimum Gasteiger partial charge on any atom is -0.467 e. The third-order valence-corrected chi connectivity index (χ3v) is 4.00. The second kappa shape index (κ2) is 8.01. The molecule has 1 aromatic heterocycles. The van der Waals surface area contributed by atoms with Crippen molar-refractivity contribution in [2.75, 3.05) is 6.54 Å². The lowest BCUT2D eigenvalue weighted by molar-refractivity contribution is -0.121. The molecule has 1 aromatic carbocycles. The highest BCUT2D eigenvalue weighted by atomic mass is 16.3. The van der Waals surface area contributed by atoms with Gasteiger partial charge in [0.15, 0.2) is 0 Å². The Morgan fingerprint density at radius 2 is 1.80 bits per heavy atom. The van der Waals surface area contributed by atoms with Gasteiger partial charge in [0.1, 0.15) is 5.76 Å². The number of hydrogen-bond acceptors (Lipinski definition) is 3. The van der Waals surface area contributed by atoms with Gasteiger partial charge in [0.2, 0.25) is 5.91 Å². The summed E-state index contributed by atoms with van der Waals surface area (Å²) in [4.78, 5) is 24.1. The second-order valence-corrected chi connectivity index (χ2v) is 7.14. The first kappa shape index (κ1) is 18.8. The molecule has 2 amide bonds. The van der Waals surface area contributed by atoms with Crippen LogP contribution in [0, 0.1) is 0 Å². The Morgan fingerprint density at radius 1 is 1.12 bits per heavy atom. The van der Waals surface area contributed by atoms with Crippen LogP contribution in [0.2, 0.25) is 0 Å². The van der Waals surface area contributed by atoms with Gasteiger partial charge in [0, 0.05) is 18.5 Å². The van der Waals surface area contributed by atoms with Crippen molar-refractivity contribution in [2.45, 2.75) is 45.6 Å². The molecule has 0 aliphatic carbocycles. The van der Waals surface area contributed by atoms with Crippen LogP contribution in [0.15, 0.2) is 47.1 Å². The van der Waals surface area contributed by atoms with Gasteiger partial charge in [-0.25, -0.2) is 0 Å². The van der Waals surface area contributed by atoms with Crippen LogP contribution >= 0.6 is 0 Å². The summed E-state index contributed by atoms with van der Waals surface area (Å²) in [5.74, 6) is 0.399. The summed E-state index contributed by atoms with van der Waals surface area (Å²) in [5.41, 5.74) is 1.82. The number of furan rings is 1. The summed E-state index contributed by atoms with van der Waals surface area (Å²) < 4.78 is 5.25. The molecule has 0 aliphatic heterocycles. The highest BCUT2D eigenvalue weighted by molar-refractivity contribution is 5.94. The van der Waals surface area contributed by atoms with Gasteiger partial charge in [-0.05, 0) is 42.2 Å². The number of carbonyl (C=O) groups excluding carboxylic acids is 2. The van der Waals surface area contributed by atoms with Gasteiger partial charge in [0.05, 0.1) is 12.3 Å². The van der Waals surface area contributed by atoms with Crippen molar-refractivity contribution in [1.29, 1.82) is 0 Å². The zero-order valence-electron chi connectivity index (χ0n) is 15.3. The van der Waals surface area contributed by atoms with E-state index in [0.717, 1.165) is 0 Å². The molecular formula is C20H26N2O3. The van der Waals surface area contributed by atoms with E-state index in [1.165, 1.54) is 5.56 Å². The predicted octanol–water partition coefficient (Wildman–Crippen LogP) is 3.57. The van der Waals surface area contributed by atoms with Crippen molar-refractivity contribution in [1.82, 2.24) is 10.6 Å². The molecule has 5 heteroatoms. The maximum atomic E-state index is 12.1. The van der Waals surface area contributed by atoms with E-state index in [-0.39, 0.29) is 36.2 Å². The molecule has 5 nitrogen and oxygen atoms in total. The van der Waals surface area contributed by atoms with E-state index in [4.69, 9.17) is 4.42 Å². The molecule has 0 aliphatic rings. The van der Waals surface area contributed by atoms with E-state index < -0.39 is 0 Å². The van der Waals surface area contributed by atoms with Crippen LogP contribution in [-0.4, -0.2) is 18.4 Å². The number of rotatable bonds is 6. The Labute approximate surface area is 148 Å². The third-order valence-electron chi connectivity index (χ3n) is 4.00. The maximum absolute atomic E-state index is 12.1. The normalized spacial score (nSPS) is 12.5. The van der Waals surface area contributed by atoms with Crippen LogP contribution in [0.1, 0.15) is 61.8 Å². The molecule has 134 valence electrons. The molecule has 2 rings (SSSR count). The Hall–Kier alpha value is -2.56. The molecular weight excluding hydrogens is 316 g/mol. The standard InChI is InChI=1S/C20H26N2O3/c1-14(17-6-5-13-25-17)22-18(23)11-12-21-19(24)15-7-9-16(10-8-15)20(2,3)4/h5-10,13-14H,11-12H2,1-4H3,(H,21,24)(H,22,23)/t14-/m1/s1. The van der Waals surface area contributed by atoms with Crippen LogP contribution in [0.3, 0.4) is 0 Å². The van der Waals surface area contributed by atoms with Crippen LogP contribution in [-0.2, 0) is 10.2 Å². The fraction of sp³-hybridized carbons (Fsp3) is 0.400. The summed E-state index contributed by atoms with van der Waals surface area (Å²) in [6, 6.07) is 11.0. The first-order valence-corrected chi connectivity index (χ1v) is 8.49. The van der Waals surface area contributed by atoms with Crippen molar-refractivity contribution < 1.29 is 14.0 Å². The smallest absolute Gasteiger partial charge is 0.251 e. The van der Waals surface area contributed by atoms with Crippen molar-refractivity contribution in [3.05, 3.63) is 59.5 Å². The average Bonchev–Trinajstić information content (AvgIpc) is 3.08. The van der Waals surface area contributed by atoms with Crippen molar-refractivity contribution in [3.8, 4) is 0 Å². The van der Waals surface area contributed by atoms with E-state index in [1.54, 1.807) is 12.3 Å². The minimum atomic E-state index is -0.192. The third kappa shape index (κ3) is 5.48. The lowest BCUT2D eigenvalue weighted by atomic mass is 9.87. The molecule has 2 aromatic rings. The molecule has 0 spiro atoms. The molecule has 1 heterocycles. The molecule has 0 fully saturated rings. The quantitative estimate of drug-likeness (QED) is 0.843. The summed E-state index contributed by atoms with van der Waals surface area (Å²) in [7, 11) is 0. The topological polar surface area (TPSA) is 71.3 Å². The average molecular weight is 342 g/mol. The Balaban J connectivity index is 1.77. The van der Waals surface area contributed by atoms with E-state index in [1.807, 2.05) is 37.3 Å². The zero-order valence-corrected chi connectivity index (χ0v) is 15.3. The number of nitrogens with one attached hydrogen (secondary N) is 2. The molecule has 0 saturated carbocycles. The van der Waals surface area contributed by atoms with Gasteiger partial charge in [0.25, 0.3) is 5.91 Å². The predicted molar refractivity (Wildman–Crippen MR) is 97.4 cm³/mol. The zero-order chi connectivity index (χ0) is 18.4. The maximum Gasteiger partial charge on any atom is 0.251 e.